The Morgan fingerprint density at radius 3 is 2.21 bits per heavy atom. The summed E-state index contributed by atoms with van der Waals surface area (Å²) in [6, 6.07) is 0. The summed E-state index contributed by atoms with van der Waals surface area (Å²) in [4.78, 5) is 0. The molecule has 1 heteroatoms. The molecule has 1 aliphatic rings. The highest BCUT2D eigenvalue weighted by Crippen LogP contribution is 2.32. The molecule has 0 unspecified atom stereocenters. The van der Waals surface area contributed by atoms with E-state index in [4.69, 9.17) is 0 Å². The minimum absolute atomic E-state index is 0.393. The van der Waals surface area contributed by atoms with Gasteiger partial charge in [0.1, 0.15) is 5.83 Å². The molecule has 0 saturated heterocycles. The van der Waals surface area contributed by atoms with Crippen LogP contribution in [-0.2, 0) is 0 Å². The molecule has 0 aliphatic heterocycles. The maximum atomic E-state index is 12.4. The third kappa shape index (κ3) is 3.49. The van der Waals surface area contributed by atoms with Crippen molar-refractivity contribution in [3.63, 3.8) is 0 Å². The van der Waals surface area contributed by atoms with Crippen molar-refractivity contribution in [3.05, 3.63) is 36.7 Å². The predicted octanol–water partition coefficient (Wildman–Crippen LogP) is 4.41. The molecule has 0 aromatic carbocycles. The fraction of sp³-hybridized carbons (Fsp3) is 0.538. The van der Waals surface area contributed by atoms with Crippen LogP contribution in [0.15, 0.2) is 36.7 Å². The number of allylic oxidation sites excluding steroid dienone is 4. The van der Waals surface area contributed by atoms with E-state index in [1.165, 1.54) is 31.8 Å². The normalized spacial score (nSPS) is 27.9. The Morgan fingerprint density at radius 2 is 1.71 bits per heavy atom. The summed E-state index contributed by atoms with van der Waals surface area (Å²) in [5.41, 5.74) is 1.05. The maximum absolute atomic E-state index is 12.4. The third-order valence-electron chi connectivity index (χ3n) is 3.02. The topological polar surface area (TPSA) is 0 Å². The van der Waals surface area contributed by atoms with Crippen molar-refractivity contribution in [2.24, 2.45) is 11.8 Å². The summed E-state index contributed by atoms with van der Waals surface area (Å²) in [5.74, 6) is 1.01. The zero-order valence-corrected chi connectivity index (χ0v) is 8.93. The van der Waals surface area contributed by atoms with Gasteiger partial charge < -0.3 is 0 Å². The molecule has 0 amide bonds. The van der Waals surface area contributed by atoms with Gasteiger partial charge in [-0.25, -0.2) is 4.39 Å². The van der Waals surface area contributed by atoms with Gasteiger partial charge in [0.25, 0.3) is 0 Å². The highest BCUT2D eigenvalue weighted by atomic mass is 19.1. The second-order valence-electron chi connectivity index (χ2n) is 4.31. The average Bonchev–Trinajstić information content (AvgIpc) is 2.15. The van der Waals surface area contributed by atoms with Crippen molar-refractivity contribution in [1.82, 2.24) is 0 Å². The molecule has 0 bridgehead atoms. The molecular weight excluding hydrogens is 175 g/mol. The van der Waals surface area contributed by atoms with E-state index in [-0.39, 0.29) is 0 Å². The first-order chi connectivity index (χ1) is 6.59. The second-order valence-corrected chi connectivity index (χ2v) is 4.31. The number of halogens is 1. The van der Waals surface area contributed by atoms with Gasteiger partial charge >= 0.3 is 0 Å². The van der Waals surface area contributed by atoms with Crippen LogP contribution < -0.4 is 0 Å². The Labute approximate surface area is 86.2 Å². The van der Waals surface area contributed by atoms with Crippen molar-refractivity contribution in [2.75, 3.05) is 0 Å². The van der Waals surface area contributed by atoms with Crippen LogP contribution in [0.3, 0.4) is 0 Å². The molecule has 0 N–H and O–H groups in total. The zero-order valence-electron chi connectivity index (χ0n) is 8.93. The van der Waals surface area contributed by atoms with Crippen molar-refractivity contribution in [1.29, 1.82) is 0 Å². The molecule has 0 aromatic heterocycles. The smallest absolute Gasteiger partial charge is 0.116 e. The molecule has 0 nitrogen and oxygen atoms in total. The molecule has 0 aromatic rings. The van der Waals surface area contributed by atoms with E-state index in [0.717, 1.165) is 11.5 Å². The quantitative estimate of drug-likeness (QED) is 0.584. The molecule has 0 heterocycles. The first-order valence-electron chi connectivity index (χ1n) is 5.31. The maximum Gasteiger partial charge on any atom is 0.116 e. The van der Waals surface area contributed by atoms with Gasteiger partial charge in [-0.1, -0.05) is 44.6 Å². The van der Waals surface area contributed by atoms with E-state index in [1.54, 1.807) is 6.08 Å². The minimum atomic E-state index is -0.393. The van der Waals surface area contributed by atoms with Crippen LogP contribution in [0.25, 0.3) is 0 Å². The average molecular weight is 194 g/mol. The summed E-state index contributed by atoms with van der Waals surface area (Å²) in [6.45, 7) is 9.46. The molecule has 1 aliphatic carbocycles. The van der Waals surface area contributed by atoms with E-state index in [1.807, 2.05) is 0 Å². The lowest BCUT2D eigenvalue weighted by molar-refractivity contribution is 0.324. The summed E-state index contributed by atoms with van der Waals surface area (Å²) < 4.78 is 12.4. The van der Waals surface area contributed by atoms with Crippen molar-refractivity contribution >= 4 is 0 Å². The molecule has 0 radical (unpaired) electrons. The van der Waals surface area contributed by atoms with Crippen LogP contribution in [-0.4, -0.2) is 0 Å². The largest absolute Gasteiger partial charge is 0.208 e. The highest BCUT2D eigenvalue weighted by molar-refractivity contribution is 5.23. The van der Waals surface area contributed by atoms with Gasteiger partial charge in [-0.2, -0.15) is 0 Å². The highest BCUT2D eigenvalue weighted by Gasteiger charge is 2.18. The zero-order chi connectivity index (χ0) is 10.6. The SMILES string of the molecule is C=C(F)/C=C\C(=C)C1CCC(C)CC1. The van der Waals surface area contributed by atoms with Gasteiger partial charge in [-0.05, 0) is 30.8 Å². The molecule has 14 heavy (non-hydrogen) atoms. The number of hydrogen-bond acceptors (Lipinski definition) is 0. The van der Waals surface area contributed by atoms with Gasteiger partial charge in [0, 0.05) is 0 Å². The summed E-state index contributed by atoms with van der Waals surface area (Å²) >= 11 is 0. The monoisotopic (exact) mass is 194 g/mol. The predicted molar refractivity (Wildman–Crippen MR) is 59.7 cm³/mol. The lowest BCUT2D eigenvalue weighted by Gasteiger charge is -2.26. The fourth-order valence-corrected chi connectivity index (χ4v) is 1.96. The van der Waals surface area contributed by atoms with E-state index < -0.39 is 5.83 Å². The van der Waals surface area contributed by atoms with Gasteiger partial charge in [-0.3, -0.25) is 0 Å². The van der Waals surface area contributed by atoms with E-state index >= 15 is 0 Å². The first kappa shape index (κ1) is 11.2. The molecular formula is C13H19F. The van der Waals surface area contributed by atoms with Crippen LogP contribution in [0.5, 0.6) is 0 Å². The Kier molecular flexibility index (Phi) is 4.12. The molecule has 1 saturated carbocycles. The molecule has 0 atom stereocenters. The van der Waals surface area contributed by atoms with Gasteiger partial charge in [0.2, 0.25) is 0 Å². The van der Waals surface area contributed by atoms with E-state index in [0.29, 0.717) is 5.92 Å². The summed E-state index contributed by atoms with van der Waals surface area (Å²) in [5, 5.41) is 0. The van der Waals surface area contributed by atoms with Crippen LogP contribution in [0.4, 0.5) is 4.39 Å². The van der Waals surface area contributed by atoms with Crippen molar-refractivity contribution < 1.29 is 4.39 Å². The van der Waals surface area contributed by atoms with Crippen LogP contribution >= 0.6 is 0 Å². The first-order valence-corrected chi connectivity index (χ1v) is 5.31. The molecule has 78 valence electrons. The Hall–Kier alpha value is -0.850. The lowest BCUT2D eigenvalue weighted by Crippen LogP contribution is -2.12. The number of rotatable bonds is 3. The minimum Gasteiger partial charge on any atom is -0.208 e. The Balaban J connectivity index is 2.42. The van der Waals surface area contributed by atoms with Gasteiger partial charge in [0.15, 0.2) is 0 Å². The molecule has 0 spiro atoms. The van der Waals surface area contributed by atoms with Crippen molar-refractivity contribution in [2.45, 2.75) is 32.6 Å². The van der Waals surface area contributed by atoms with Crippen molar-refractivity contribution in [3.8, 4) is 0 Å². The van der Waals surface area contributed by atoms with E-state index in [9.17, 15) is 4.39 Å². The van der Waals surface area contributed by atoms with Gasteiger partial charge in [0.05, 0.1) is 0 Å². The number of hydrogen-bond donors (Lipinski definition) is 0. The molecule has 1 rings (SSSR count). The Morgan fingerprint density at radius 1 is 1.14 bits per heavy atom. The second kappa shape index (κ2) is 5.14. The Bertz CT molecular complexity index is 242. The third-order valence-corrected chi connectivity index (χ3v) is 3.02. The fourth-order valence-electron chi connectivity index (χ4n) is 1.96. The standard InChI is InChI=1S/C13H19F/c1-10-4-8-13(9-5-10)11(2)6-7-12(3)14/h6-7,10,13H,2-5,8-9H2,1H3/b7-6-. The van der Waals surface area contributed by atoms with E-state index in [2.05, 4.69) is 20.1 Å². The van der Waals surface area contributed by atoms with Gasteiger partial charge in [-0.15, -0.1) is 0 Å². The van der Waals surface area contributed by atoms with Crippen LogP contribution in [0.2, 0.25) is 0 Å². The van der Waals surface area contributed by atoms with Crippen LogP contribution in [0, 0.1) is 11.8 Å². The summed E-state index contributed by atoms with van der Waals surface area (Å²) in [7, 11) is 0. The summed E-state index contributed by atoms with van der Waals surface area (Å²) in [6.07, 6.45) is 8.11. The molecule has 1 fully saturated rings. The van der Waals surface area contributed by atoms with Crippen LogP contribution in [0.1, 0.15) is 32.6 Å². The lowest BCUT2D eigenvalue weighted by atomic mass is 9.79.